The topological polar surface area (TPSA) is 113 Å². The third-order valence-electron chi connectivity index (χ3n) is 7.91. The van der Waals surface area contributed by atoms with E-state index in [2.05, 4.69) is 17.1 Å². The smallest absolute Gasteiger partial charge is 0.326 e. The molecule has 3 aromatic rings. The first-order valence-electron chi connectivity index (χ1n) is 14.4. The summed E-state index contributed by atoms with van der Waals surface area (Å²) in [5.74, 6) is -0.732. The van der Waals surface area contributed by atoms with Gasteiger partial charge in [-0.3, -0.25) is 9.69 Å². The minimum atomic E-state index is -3.39. The molecule has 9 heteroatoms. The van der Waals surface area contributed by atoms with E-state index in [0.717, 1.165) is 48.1 Å². The lowest BCUT2D eigenvalue weighted by Gasteiger charge is -2.25. The van der Waals surface area contributed by atoms with Gasteiger partial charge in [-0.15, -0.1) is 0 Å². The molecular weight excluding hydrogens is 552 g/mol. The highest BCUT2D eigenvalue weighted by molar-refractivity contribution is 7.90. The average molecular weight is 593 g/mol. The van der Waals surface area contributed by atoms with Crippen LogP contribution in [0.5, 0.6) is 5.75 Å². The number of nitrogens with one attached hydrogen (secondary N) is 1. The third-order valence-corrected chi connectivity index (χ3v) is 8.88. The Morgan fingerprint density at radius 2 is 1.76 bits per heavy atom. The summed E-state index contributed by atoms with van der Waals surface area (Å²) in [5, 5.41) is 12.2. The maximum absolute atomic E-state index is 13.4. The summed E-state index contributed by atoms with van der Waals surface area (Å²) >= 11 is 0. The van der Waals surface area contributed by atoms with Crippen LogP contribution in [0.1, 0.15) is 47.7 Å². The molecule has 224 valence electrons. The van der Waals surface area contributed by atoms with Gasteiger partial charge >= 0.3 is 5.97 Å². The highest BCUT2D eigenvalue weighted by atomic mass is 32.2. The van der Waals surface area contributed by atoms with Crippen LogP contribution < -0.4 is 10.1 Å². The van der Waals surface area contributed by atoms with Gasteiger partial charge < -0.3 is 15.2 Å². The highest BCUT2D eigenvalue weighted by Gasteiger charge is 2.32. The number of para-hydroxylation sites is 1. The zero-order chi connectivity index (χ0) is 30.3. The predicted molar refractivity (Wildman–Crippen MR) is 164 cm³/mol. The van der Waals surface area contributed by atoms with Crippen LogP contribution in [0.25, 0.3) is 11.1 Å². The number of carbonyl (C=O) groups excluding carboxylic acids is 1. The van der Waals surface area contributed by atoms with Gasteiger partial charge in [-0.1, -0.05) is 61.9 Å². The maximum atomic E-state index is 13.4. The molecule has 3 atom stereocenters. The van der Waals surface area contributed by atoms with Crippen LogP contribution in [0.15, 0.2) is 72.8 Å². The number of likely N-dealkylation sites (tertiary alicyclic amines) is 1. The van der Waals surface area contributed by atoms with E-state index in [1.165, 1.54) is 0 Å². The summed E-state index contributed by atoms with van der Waals surface area (Å²) in [7, 11) is -3.39. The molecule has 0 bridgehead atoms. The molecule has 4 rings (SSSR count). The molecule has 0 saturated carbocycles. The normalized spacial score (nSPS) is 18.0. The molecule has 1 fully saturated rings. The minimum absolute atomic E-state index is 0.211. The molecule has 0 unspecified atom stereocenters. The predicted octanol–water partition coefficient (Wildman–Crippen LogP) is 4.96. The Hall–Kier alpha value is -3.69. The Balaban J connectivity index is 1.59. The van der Waals surface area contributed by atoms with Crippen molar-refractivity contribution < 1.29 is 27.9 Å². The molecule has 1 amide bonds. The van der Waals surface area contributed by atoms with Crippen molar-refractivity contribution in [3.8, 4) is 16.9 Å². The van der Waals surface area contributed by atoms with Crippen LogP contribution in [0, 0.1) is 12.8 Å². The number of hydrogen-bond donors (Lipinski definition) is 2. The summed E-state index contributed by atoms with van der Waals surface area (Å²) in [6.07, 6.45) is 2.98. The van der Waals surface area contributed by atoms with Crippen LogP contribution in [0.2, 0.25) is 0 Å². The van der Waals surface area contributed by atoms with Gasteiger partial charge in [-0.2, -0.15) is 0 Å². The number of carboxylic acid groups (broad SMARTS) is 1. The molecule has 0 spiro atoms. The Morgan fingerprint density at radius 3 is 2.43 bits per heavy atom. The van der Waals surface area contributed by atoms with E-state index < -0.39 is 27.8 Å². The lowest BCUT2D eigenvalue weighted by Crippen LogP contribution is -2.42. The number of carboxylic acids is 1. The third kappa shape index (κ3) is 8.42. The van der Waals surface area contributed by atoms with Crippen molar-refractivity contribution >= 4 is 21.7 Å². The highest BCUT2D eigenvalue weighted by Crippen LogP contribution is 2.32. The van der Waals surface area contributed by atoms with Crippen LogP contribution in [-0.4, -0.2) is 67.5 Å². The molecule has 1 aliphatic rings. The second-order valence-corrected chi connectivity index (χ2v) is 13.5. The quantitative estimate of drug-likeness (QED) is 0.289. The van der Waals surface area contributed by atoms with Crippen LogP contribution in [0.3, 0.4) is 0 Å². The number of sulfone groups is 1. The van der Waals surface area contributed by atoms with E-state index in [1.807, 2.05) is 73.7 Å². The monoisotopic (exact) mass is 592 g/mol. The van der Waals surface area contributed by atoms with Crippen molar-refractivity contribution in [2.24, 2.45) is 5.92 Å². The van der Waals surface area contributed by atoms with Gasteiger partial charge in [-0.25, -0.2) is 13.2 Å². The van der Waals surface area contributed by atoms with Crippen molar-refractivity contribution in [3.05, 3.63) is 89.5 Å². The standard InChI is InChI=1S/C33H40N2O6S/c1-4-24-18-26(22-41-27-11-6-5-7-12-27)35(20-24)21-25-14-15-29(30(19-25)28-13-9-8-10-23(28)2)32(36)34-31(33(37)38)16-17-42(3,39)40/h5-15,19,24,26,31H,4,16-18,20-22H2,1-3H3,(H,34,36)(H,37,38)/t24-,26-,31+/m1/s1. The molecule has 0 radical (unpaired) electrons. The summed E-state index contributed by atoms with van der Waals surface area (Å²) < 4.78 is 29.4. The molecule has 0 aliphatic carbocycles. The SMILES string of the molecule is CC[C@@H]1C[C@H](COc2ccccc2)N(Cc2ccc(C(=O)N[C@@H](CCS(C)(=O)=O)C(=O)O)c(-c3ccccc3C)c2)C1. The molecular formula is C33H40N2O6S. The first kappa shape index (κ1) is 31.3. The maximum Gasteiger partial charge on any atom is 0.326 e. The summed E-state index contributed by atoms with van der Waals surface area (Å²) in [4.78, 5) is 27.7. The van der Waals surface area contributed by atoms with Crippen molar-refractivity contribution in [1.82, 2.24) is 10.2 Å². The number of hydrogen-bond acceptors (Lipinski definition) is 6. The van der Waals surface area contributed by atoms with Crippen LogP contribution >= 0.6 is 0 Å². The Kier molecular flexibility index (Phi) is 10.4. The van der Waals surface area contributed by atoms with Gasteiger partial charge in [-0.05, 0) is 72.2 Å². The molecule has 1 saturated heterocycles. The largest absolute Gasteiger partial charge is 0.492 e. The Labute approximate surface area is 248 Å². The lowest BCUT2D eigenvalue weighted by molar-refractivity contribution is -0.139. The van der Waals surface area contributed by atoms with E-state index in [1.54, 1.807) is 6.07 Å². The molecule has 42 heavy (non-hydrogen) atoms. The van der Waals surface area contributed by atoms with Gasteiger partial charge in [0.25, 0.3) is 5.91 Å². The van der Waals surface area contributed by atoms with Crippen LogP contribution in [0.4, 0.5) is 0 Å². The first-order valence-corrected chi connectivity index (χ1v) is 16.4. The van der Waals surface area contributed by atoms with Crippen molar-refractivity contribution in [2.45, 2.75) is 51.7 Å². The summed E-state index contributed by atoms with van der Waals surface area (Å²) in [6, 6.07) is 22.2. The number of rotatable bonds is 13. The molecule has 8 nitrogen and oxygen atoms in total. The van der Waals surface area contributed by atoms with Crippen molar-refractivity contribution in [2.75, 3.05) is 25.2 Å². The zero-order valence-electron chi connectivity index (χ0n) is 24.5. The van der Waals surface area contributed by atoms with Gasteiger partial charge in [0.2, 0.25) is 0 Å². The van der Waals surface area contributed by atoms with Crippen molar-refractivity contribution in [1.29, 1.82) is 0 Å². The first-order chi connectivity index (χ1) is 20.0. The lowest BCUT2D eigenvalue weighted by atomic mass is 9.93. The number of benzene rings is 3. The molecule has 2 N–H and O–H groups in total. The fourth-order valence-corrected chi connectivity index (χ4v) is 6.17. The fraction of sp³-hybridized carbons (Fsp3) is 0.394. The summed E-state index contributed by atoms with van der Waals surface area (Å²) in [5.41, 5.74) is 3.95. The number of amides is 1. The van der Waals surface area contributed by atoms with Crippen LogP contribution in [-0.2, 0) is 21.2 Å². The van der Waals surface area contributed by atoms with Gasteiger partial charge in [0.1, 0.15) is 28.2 Å². The zero-order valence-corrected chi connectivity index (χ0v) is 25.3. The van der Waals surface area contributed by atoms with Gasteiger partial charge in [0.05, 0.1) is 5.75 Å². The van der Waals surface area contributed by atoms with Gasteiger partial charge in [0.15, 0.2) is 0 Å². The molecule has 1 heterocycles. The van der Waals surface area contributed by atoms with E-state index in [4.69, 9.17) is 4.74 Å². The number of carbonyl (C=O) groups is 2. The van der Waals surface area contributed by atoms with E-state index in [9.17, 15) is 23.1 Å². The Bertz CT molecular complexity index is 1490. The number of ether oxygens (including phenoxy) is 1. The van der Waals surface area contributed by atoms with Crippen molar-refractivity contribution in [3.63, 3.8) is 0 Å². The van der Waals surface area contributed by atoms with E-state index in [-0.39, 0.29) is 18.2 Å². The number of nitrogens with zero attached hydrogens (tertiary/aromatic N) is 1. The van der Waals surface area contributed by atoms with Gasteiger partial charge in [0, 0.05) is 31.0 Å². The number of aryl methyl sites for hydroxylation is 1. The average Bonchev–Trinajstić information content (AvgIpc) is 3.35. The van der Waals surface area contributed by atoms with E-state index >= 15 is 0 Å². The minimum Gasteiger partial charge on any atom is -0.492 e. The Morgan fingerprint density at radius 1 is 1.05 bits per heavy atom. The fourth-order valence-electron chi connectivity index (χ4n) is 5.51. The number of aliphatic carboxylic acids is 1. The molecule has 3 aromatic carbocycles. The second kappa shape index (κ2) is 14.0. The summed E-state index contributed by atoms with van der Waals surface area (Å²) in [6.45, 7) is 6.43. The molecule has 0 aromatic heterocycles. The second-order valence-electron chi connectivity index (χ2n) is 11.2. The molecule has 1 aliphatic heterocycles. The van der Waals surface area contributed by atoms with E-state index in [0.29, 0.717) is 30.2 Å².